The Morgan fingerprint density at radius 1 is 1.04 bits per heavy atom. The van der Waals surface area contributed by atoms with Crippen molar-refractivity contribution in [1.29, 1.82) is 0 Å². The van der Waals surface area contributed by atoms with Crippen LogP contribution in [0.3, 0.4) is 0 Å². The van der Waals surface area contributed by atoms with Crippen molar-refractivity contribution >= 4 is 63.9 Å². The second-order valence-corrected chi connectivity index (χ2v) is 16.7. The molecular formula is C33H40Cl2N4O6S. The molecule has 3 N–H and O–H groups in total. The molecule has 0 radical (unpaired) electrons. The van der Waals surface area contributed by atoms with Crippen LogP contribution in [-0.4, -0.2) is 46.9 Å². The number of aromatic nitrogens is 1. The third-order valence-corrected chi connectivity index (χ3v) is 10.9. The molecule has 6 rings (SSSR count). The topological polar surface area (TPSA) is 136 Å². The lowest BCUT2D eigenvalue weighted by molar-refractivity contribution is -0.164. The largest absolute Gasteiger partial charge is 0.466 e. The Morgan fingerprint density at radius 2 is 1.67 bits per heavy atom. The van der Waals surface area contributed by atoms with E-state index < -0.39 is 29.4 Å². The molecule has 4 bridgehead atoms. The maximum Gasteiger partial charge on any atom is 0.330 e. The van der Waals surface area contributed by atoms with Crippen LogP contribution in [0.2, 0.25) is 8.67 Å². The predicted molar refractivity (Wildman–Crippen MR) is 178 cm³/mol. The summed E-state index contributed by atoms with van der Waals surface area (Å²) in [7, 11) is 1.25. The standard InChI is InChI=1S/C33H40Cl2N4O6S/c1-30-14-31(2)16-32(3,15-30)19-33(17-30,18-31)38-24(40)13-39-11-7-9-22(29(39)44)37-28(43)21(8-5-6-10-25(41)45-4)36-27(42)20-12-23(34)46-26(20)35/h6-7,9-12,21H,5,8,13-19H2,1-4H3,(H,36,42)(H,37,43)(H,38,40)/b10-6+. The highest BCUT2D eigenvalue weighted by Gasteiger charge is 2.64. The third kappa shape index (κ3) is 7.52. The lowest BCUT2D eigenvalue weighted by Gasteiger charge is -2.69. The maximum absolute atomic E-state index is 13.4. The highest BCUT2D eigenvalue weighted by atomic mass is 35.5. The van der Waals surface area contributed by atoms with Gasteiger partial charge in [0.25, 0.3) is 11.5 Å². The molecule has 0 aliphatic heterocycles. The van der Waals surface area contributed by atoms with E-state index in [0.717, 1.165) is 30.6 Å². The van der Waals surface area contributed by atoms with Crippen LogP contribution in [-0.2, 0) is 25.7 Å². The SMILES string of the molecule is COC(=O)/C=C/CCC(NC(=O)c1cc(Cl)sc1Cl)C(=O)Nc1cccn(CC(=O)NC23CC4(C)CC(C)(CC(C)(C4)C2)C3)c1=O. The molecule has 0 saturated heterocycles. The van der Waals surface area contributed by atoms with E-state index in [1.807, 2.05) is 0 Å². The van der Waals surface area contributed by atoms with Gasteiger partial charge in [-0.1, -0.05) is 50.0 Å². The van der Waals surface area contributed by atoms with Gasteiger partial charge in [-0.3, -0.25) is 19.2 Å². The minimum absolute atomic E-state index is 0.0383. The van der Waals surface area contributed by atoms with Gasteiger partial charge in [-0.15, -0.1) is 11.3 Å². The van der Waals surface area contributed by atoms with Crippen molar-refractivity contribution in [3.8, 4) is 0 Å². The van der Waals surface area contributed by atoms with E-state index in [1.54, 1.807) is 6.07 Å². The summed E-state index contributed by atoms with van der Waals surface area (Å²) < 4.78 is 6.34. The number of rotatable bonds is 11. The molecule has 10 nitrogen and oxygen atoms in total. The molecule has 4 saturated carbocycles. The van der Waals surface area contributed by atoms with Gasteiger partial charge in [-0.2, -0.15) is 0 Å². The monoisotopic (exact) mass is 690 g/mol. The summed E-state index contributed by atoms with van der Waals surface area (Å²) in [6, 6.07) is 3.34. The van der Waals surface area contributed by atoms with E-state index in [1.165, 1.54) is 61.4 Å². The number of nitrogens with zero attached hydrogens (tertiary/aromatic N) is 1. The molecule has 3 amide bonds. The predicted octanol–water partition coefficient (Wildman–Crippen LogP) is 5.72. The zero-order valence-corrected chi connectivity index (χ0v) is 28.8. The lowest BCUT2D eigenvalue weighted by Crippen LogP contribution is -2.68. The number of hydrogen-bond donors (Lipinski definition) is 3. The maximum atomic E-state index is 13.4. The number of carbonyl (C=O) groups is 4. The Balaban J connectivity index is 1.28. The summed E-state index contributed by atoms with van der Waals surface area (Å²) in [5.41, 5.74) is -0.196. The van der Waals surface area contributed by atoms with Crippen LogP contribution in [0.5, 0.6) is 0 Å². The van der Waals surface area contributed by atoms with Gasteiger partial charge in [0.15, 0.2) is 0 Å². The molecule has 1 atom stereocenters. The molecule has 13 heteroatoms. The molecular weight excluding hydrogens is 651 g/mol. The first-order valence-corrected chi connectivity index (χ1v) is 16.9. The summed E-state index contributed by atoms with van der Waals surface area (Å²) in [5.74, 6) is -2.06. The molecule has 0 aromatic carbocycles. The molecule has 4 aliphatic carbocycles. The van der Waals surface area contributed by atoms with Crippen LogP contribution in [0.4, 0.5) is 5.69 Å². The number of thiophene rings is 1. The smallest absolute Gasteiger partial charge is 0.330 e. The van der Waals surface area contributed by atoms with Crippen LogP contribution < -0.4 is 21.5 Å². The van der Waals surface area contributed by atoms with Crippen LogP contribution >= 0.6 is 34.5 Å². The van der Waals surface area contributed by atoms with Gasteiger partial charge >= 0.3 is 5.97 Å². The van der Waals surface area contributed by atoms with Gasteiger partial charge < -0.3 is 25.3 Å². The first-order chi connectivity index (χ1) is 21.5. The number of methoxy groups -OCH3 is 1. The number of esters is 1. The van der Waals surface area contributed by atoms with E-state index in [2.05, 4.69) is 41.5 Å². The van der Waals surface area contributed by atoms with Gasteiger partial charge in [-0.05, 0) is 85.8 Å². The van der Waals surface area contributed by atoms with E-state index in [-0.39, 0.29) is 62.7 Å². The summed E-state index contributed by atoms with van der Waals surface area (Å²) >= 11 is 13.2. The highest BCUT2D eigenvalue weighted by molar-refractivity contribution is 7.20. The van der Waals surface area contributed by atoms with Crippen LogP contribution in [0, 0.1) is 16.2 Å². The number of allylic oxidation sites excluding steroid dienone is 1. The summed E-state index contributed by atoms with van der Waals surface area (Å²) in [5, 5.41) is 8.61. The second-order valence-electron chi connectivity index (χ2n) is 14.4. The number of hydrogen-bond acceptors (Lipinski definition) is 7. The Bertz CT molecular complexity index is 1600. The molecule has 2 aromatic heterocycles. The summed E-state index contributed by atoms with van der Waals surface area (Å²) in [4.78, 5) is 64.7. The zero-order chi connectivity index (χ0) is 33.5. The van der Waals surface area contributed by atoms with Gasteiger partial charge in [-0.25, -0.2) is 4.79 Å². The highest BCUT2D eigenvalue weighted by Crippen LogP contribution is 2.70. The Hall–Kier alpha value is -3.15. The third-order valence-electron chi connectivity index (χ3n) is 9.45. The first-order valence-electron chi connectivity index (χ1n) is 15.4. The van der Waals surface area contributed by atoms with Crippen LogP contribution in [0.15, 0.2) is 41.3 Å². The quantitative estimate of drug-likeness (QED) is 0.204. The average molecular weight is 692 g/mol. The van der Waals surface area contributed by atoms with Crippen molar-refractivity contribution in [3.05, 3.63) is 61.1 Å². The fourth-order valence-corrected chi connectivity index (χ4v) is 10.9. The Kier molecular flexibility index (Phi) is 9.52. The molecule has 4 aliphatic rings. The molecule has 1 unspecified atom stereocenters. The van der Waals surface area contributed by atoms with Crippen LogP contribution in [0.1, 0.15) is 82.5 Å². The zero-order valence-electron chi connectivity index (χ0n) is 26.5. The number of halogens is 2. The molecule has 4 fully saturated rings. The van der Waals surface area contributed by atoms with E-state index in [4.69, 9.17) is 23.2 Å². The number of ether oxygens (including phenoxy) is 1. The van der Waals surface area contributed by atoms with Crippen molar-refractivity contribution in [3.63, 3.8) is 0 Å². The van der Waals surface area contributed by atoms with Gasteiger partial charge in [0, 0.05) is 17.8 Å². The number of anilines is 1. The van der Waals surface area contributed by atoms with E-state index in [0.29, 0.717) is 4.34 Å². The van der Waals surface area contributed by atoms with Crippen LogP contribution in [0.25, 0.3) is 0 Å². The van der Waals surface area contributed by atoms with Gasteiger partial charge in [0.05, 0.1) is 17.0 Å². The van der Waals surface area contributed by atoms with Gasteiger partial charge in [0.2, 0.25) is 11.8 Å². The minimum atomic E-state index is -1.10. The van der Waals surface area contributed by atoms with E-state index >= 15 is 0 Å². The van der Waals surface area contributed by atoms with Gasteiger partial charge in [0.1, 0.15) is 22.6 Å². The van der Waals surface area contributed by atoms with Crippen molar-refractivity contribution < 1.29 is 23.9 Å². The summed E-state index contributed by atoms with van der Waals surface area (Å²) in [6.07, 6.45) is 10.9. The number of carbonyl (C=O) groups excluding carboxylic acids is 4. The minimum Gasteiger partial charge on any atom is -0.466 e. The number of amides is 3. The normalized spacial score (nSPS) is 28.6. The first kappa shape index (κ1) is 34.2. The molecule has 2 aromatic rings. The van der Waals surface area contributed by atoms with Crippen molar-refractivity contribution in [1.82, 2.24) is 15.2 Å². The molecule has 0 spiro atoms. The Labute approximate surface area is 282 Å². The van der Waals surface area contributed by atoms with Crippen molar-refractivity contribution in [2.45, 2.75) is 90.3 Å². The second kappa shape index (κ2) is 12.8. The Morgan fingerprint density at radius 3 is 2.24 bits per heavy atom. The molecule has 248 valence electrons. The average Bonchev–Trinajstić information content (AvgIpc) is 3.26. The number of nitrogens with one attached hydrogen (secondary N) is 3. The summed E-state index contributed by atoms with van der Waals surface area (Å²) in [6.45, 7) is 6.83. The van der Waals surface area contributed by atoms with E-state index in [9.17, 15) is 24.0 Å². The fraction of sp³-hybridized carbons (Fsp3) is 0.545. The fourth-order valence-electron chi connectivity index (χ4n) is 9.40. The molecule has 46 heavy (non-hydrogen) atoms. The lowest BCUT2D eigenvalue weighted by atomic mass is 9.38. The van der Waals surface area contributed by atoms with Crippen molar-refractivity contribution in [2.75, 3.05) is 12.4 Å². The van der Waals surface area contributed by atoms with Crippen molar-refractivity contribution in [2.24, 2.45) is 16.2 Å². The molecule has 2 heterocycles. The number of pyridine rings is 1.